The Morgan fingerprint density at radius 1 is 0.891 bits per heavy atom. The summed E-state index contributed by atoms with van der Waals surface area (Å²) in [5.74, 6) is -1.80. The van der Waals surface area contributed by atoms with Crippen LogP contribution < -0.4 is 5.56 Å². The van der Waals surface area contributed by atoms with E-state index in [0.29, 0.717) is 17.7 Å². The summed E-state index contributed by atoms with van der Waals surface area (Å²) in [5, 5.41) is 8.82. The monoisotopic (exact) mass is 645 g/mol. The van der Waals surface area contributed by atoms with Crippen molar-refractivity contribution in [2.45, 2.75) is 44.2 Å². The number of halogens is 2. The number of ether oxygens (including phenoxy) is 1. The summed E-state index contributed by atoms with van der Waals surface area (Å²) >= 11 is 0. The first kappa shape index (κ1) is 32.8. The molecule has 3 aromatic carbocycles. The van der Waals surface area contributed by atoms with Gasteiger partial charge in [-0.05, 0) is 54.7 Å². The van der Waals surface area contributed by atoms with Gasteiger partial charge in [-0.2, -0.15) is 0 Å². The number of hydrogen-bond acceptors (Lipinski definition) is 7. The van der Waals surface area contributed by atoms with Gasteiger partial charge in [-0.1, -0.05) is 72.8 Å². The highest BCUT2D eigenvalue weighted by atomic mass is 32.2. The topological polar surface area (TPSA) is 111 Å². The second-order valence-electron chi connectivity index (χ2n) is 10.9. The van der Waals surface area contributed by atoms with Crippen LogP contribution in [0, 0.1) is 18.6 Å². The summed E-state index contributed by atoms with van der Waals surface area (Å²) in [6.45, 7) is 1.59. The van der Waals surface area contributed by atoms with E-state index in [1.54, 1.807) is 37.3 Å². The number of aliphatic hydroxyl groups excluding tert-OH is 1. The second kappa shape index (κ2) is 14.7. The molecule has 238 valence electrons. The molecule has 0 aliphatic carbocycles. The summed E-state index contributed by atoms with van der Waals surface area (Å²) in [6, 6.07) is 25.1. The second-order valence-corrected chi connectivity index (χ2v) is 12.9. The predicted molar refractivity (Wildman–Crippen MR) is 170 cm³/mol. The van der Waals surface area contributed by atoms with E-state index in [1.165, 1.54) is 22.9 Å². The standard InChI is InChI=1S/C35H33F2N3O5S/c1-24-18-32(29-20-31(37)34(42)40(22-29)21-26-9-7-8-25(19-26)14-16-41)39-35(38-24)46(43,44)17-15-33(27-10-3-2-4-11-27)45-23-28-12-5-6-13-30(28)36/h2-13,18-20,22,33,41H,14-17,21,23H2,1H3. The molecule has 0 saturated carbocycles. The summed E-state index contributed by atoms with van der Waals surface area (Å²) in [4.78, 5) is 21.1. The normalized spacial score (nSPS) is 12.3. The molecule has 0 aliphatic heterocycles. The number of aliphatic hydroxyl groups is 1. The SMILES string of the molecule is Cc1cc(-c2cc(F)c(=O)n(Cc3cccc(CCO)c3)c2)nc(S(=O)(=O)CCC(OCc2ccccc2F)c2ccccc2)n1. The van der Waals surface area contributed by atoms with Crippen LogP contribution in [-0.4, -0.2) is 40.4 Å². The number of nitrogens with zero attached hydrogens (tertiary/aromatic N) is 3. The van der Waals surface area contributed by atoms with Gasteiger partial charge in [0.2, 0.25) is 15.0 Å². The van der Waals surface area contributed by atoms with Gasteiger partial charge in [0.05, 0.1) is 30.7 Å². The Balaban J connectivity index is 1.39. The zero-order chi connectivity index (χ0) is 32.7. The lowest BCUT2D eigenvalue weighted by molar-refractivity contribution is 0.0361. The summed E-state index contributed by atoms with van der Waals surface area (Å²) < 4.78 is 63.5. The van der Waals surface area contributed by atoms with Crippen LogP contribution in [0.15, 0.2) is 107 Å². The van der Waals surface area contributed by atoms with Crippen molar-refractivity contribution in [2.24, 2.45) is 0 Å². The molecule has 1 atom stereocenters. The van der Waals surface area contributed by atoms with Gasteiger partial charge in [0.15, 0.2) is 5.82 Å². The summed E-state index contributed by atoms with van der Waals surface area (Å²) in [6.07, 6.45) is 1.26. The molecule has 0 radical (unpaired) electrons. The fourth-order valence-corrected chi connectivity index (χ4v) is 6.30. The van der Waals surface area contributed by atoms with Crippen LogP contribution in [0.5, 0.6) is 0 Å². The third-order valence-electron chi connectivity index (χ3n) is 7.41. The van der Waals surface area contributed by atoms with Gasteiger partial charge in [-0.25, -0.2) is 27.2 Å². The lowest BCUT2D eigenvalue weighted by atomic mass is 10.1. The maximum absolute atomic E-state index is 14.9. The van der Waals surface area contributed by atoms with E-state index in [2.05, 4.69) is 9.97 Å². The van der Waals surface area contributed by atoms with Gasteiger partial charge >= 0.3 is 0 Å². The fourth-order valence-electron chi connectivity index (χ4n) is 5.07. The lowest BCUT2D eigenvalue weighted by Crippen LogP contribution is -2.23. The predicted octanol–water partition coefficient (Wildman–Crippen LogP) is 5.60. The molecule has 0 bridgehead atoms. The molecule has 2 heterocycles. The number of hydrogen-bond donors (Lipinski definition) is 1. The zero-order valence-electron chi connectivity index (χ0n) is 25.1. The van der Waals surface area contributed by atoms with E-state index in [4.69, 9.17) is 4.74 Å². The van der Waals surface area contributed by atoms with Crippen LogP contribution >= 0.6 is 0 Å². The highest BCUT2D eigenvalue weighted by molar-refractivity contribution is 7.91. The maximum atomic E-state index is 14.9. The molecule has 5 rings (SSSR count). The van der Waals surface area contributed by atoms with Gasteiger partial charge in [0.1, 0.15) is 5.82 Å². The van der Waals surface area contributed by atoms with Crippen molar-refractivity contribution in [3.8, 4) is 11.3 Å². The number of pyridine rings is 1. The Labute approximate surface area is 265 Å². The van der Waals surface area contributed by atoms with Crippen molar-refractivity contribution in [2.75, 3.05) is 12.4 Å². The highest BCUT2D eigenvalue weighted by Crippen LogP contribution is 2.26. The van der Waals surface area contributed by atoms with Gasteiger partial charge in [-0.15, -0.1) is 0 Å². The third kappa shape index (κ3) is 8.16. The Morgan fingerprint density at radius 2 is 1.63 bits per heavy atom. The smallest absolute Gasteiger partial charge is 0.286 e. The van der Waals surface area contributed by atoms with E-state index in [1.807, 2.05) is 42.5 Å². The molecule has 46 heavy (non-hydrogen) atoms. The molecule has 0 fully saturated rings. The average Bonchev–Trinajstić information content (AvgIpc) is 3.04. The molecule has 2 aromatic heterocycles. The molecular formula is C35H33F2N3O5S. The Morgan fingerprint density at radius 3 is 2.39 bits per heavy atom. The van der Waals surface area contributed by atoms with E-state index < -0.39 is 38.3 Å². The summed E-state index contributed by atoms with van der Waals surface area (Å²) in [5.41, 5.74) is 2.55. The van der Waals surface area contributed by atoms with Crippen molar-refractivity contribution >= 4 is 9.84 Å². The number of aryl methyl sites for hydroxylation is 1. The first-order chi connectivity index (χ1) is 22.1. The Kier molecular flexibility index (Phi) is 10.5. The minimum absolute atomic E-state index is 0.0283. The minimum Gasteiger partial charge on any atom is -0.396 e. The van der Waals surface area contributed by atoms with Crippen molar-refractivity contribution < 1.29 is 27.0 Å². The number of aromatic nitrogens is 3. The van der Waals surface area contributed by atoms with E-state index in [0.717, 1.165) is 22.8 Å². The lowest BCUT2D eigenvalue weighted by Gasteiger charge is -2.19. The quantitative estimate of drug-likeness (QED) is 0.166. The number of sulfone groups is 1. The van der Waals surface area contributed by atoms with Crippen molar-refractivity contribution in [1.82, 2.24) is 14.5 Å². The largest absolute Gasteiger partial charge is 0.396 e. The van der Waals surface area contributed by atoms with Gasteiger partial charge in [0, 0.05) is 29.6 Å². The van der Waals surface area contributed by atoms with E-state index in [9.17, 15) is 27.1 Å². The van der Waals surface area contributed by atoms with E-state index in [-0.39, 0.29) is 43.2 Å². The molecule has 0 saturated heterocycles. The minimum atomic E-state index is -4.05. The van der Waals surface area contributed by atoms with Crippen LogP contribution in [0.25, 0.3) is 11.3 Å². The van der Waals surface area contributed by atoms with Crippen LogP contribution in [0.2, 0.25) is 0 Å². The molecule has 11 heteroatoms. The Bertz CT molecular complexity index is 1980. The molecule has 8 nitrogen and oxygen atoms in total. The van der Waals surface area contributed by atoms with E-state index >= 15 is 0 Å². The van der Waals surface area contributed by atoms with Crippen LogP contribution in [0.4, 0.5) is 8.78 Å². The molecule has 0 amide bonds. The van der Waals surface area contributed by atoms with Crippen LogP contribution in [0.1, 0.15) is 40.5 Å². The van der Waals surface area contributed by atoms with Crippen molar-refractivity contribution in [3.05, 3.63) is 147 Å². The zero-order valence-corrected chi connectivity index (χ0v) is 26.0. The van der Waals surface area contributed by atoms with Crippen molar-refractivity contribution in [1.29, 1.82) is 0 Å². The first-order valence-corrected chi connectivity index (χ1v) is 16.4. The van der Waals surface area contributed by atoms with Crippen LogP contribution in [0.3, 0.4) is 0 Å². The molecule has 5 aromatic rings. The summed E-state index contributed by atoms with van der Waals surface area (Å²) in [7, 11) is -4.05. The Hall–Kier alpha value is -4.58. The molecule has 1 unspecified atom stereocenters. The molecule has 0 aliphatic rings. The number of benzene rings is 3. The van der Waals surface area contributed by atoms with Crippen molar-refractivity contribution in [3.63, 3.8) is 0 Å². The van der Waals surface area contributed by atoms with Crippen LogP contribution in [-0.2, 0) is 34.1 Å². The first-order valence-electron chi connectivity index (χ1n) is 14.7. The van der Waals surface area contributed by atoms with Gasteiger partial charge < -0.3 is 14.4 Å². The average molecular weight is 646 g/mol. The number of rotatable bonds is 13. The molecule has 0 spiro atoms. The fraction of sp³-hybridized carbons (Fsp3) is 0.229. The molecule has 1 N–H and O–H groups in total. The van der Waals surface area contributed by atoms with Gasteiger partial charge in [0.25, 0.3) is 5.56 Å². The maximum Gasteiger partial charge on any atom is 0.286 e. The molecular weight excluding hydrogens is 612 g/mol. The highest BCUT2D eigenvalue weighted by Gasteiger charge is 2.24. The third-order valence-corrected chi connectivity index (χ3v) is 8.92. The van der Waals surface area contributed by atoms with Gasteiger partial charge in [-0.3, -0.25) is 4.79 Å².